The summed E-state index contributed by atoms with van der Waals surface area (Å²) in [5.41, 5.74) is 1.42. The van der Waals surface area contributed by atoms with Crippen molar-refractivity contribution in [3.63, 3.8) is 0 Å². The Morgan fingerprint density at radius 2 is 1.79 bits per heavy atom. The summed E-state index contributed by atoms with van der Waals surface area (Å²) in [7, 11) is -2.57. The maximum Gasteiger partial charge on any atom is 0.264 e. The molecule has 0 bridgehead atoms. The Balaban J connectivity index is 1.68. The highest BCUT2D eigenvalue weighted by atomic mass is 35.5. The van der Waals surface area contributed by atoms with Crippen LogP contribution < -0.4 is 9.04 Å². The lowest BCUT2D eigenvalue weighted by atomic mass is 10.0. The van der Waals surface area contributed by atoms with E-state index in [1.807, 2.05) is 30.3 Å². The third kappa shape index (κ3) is 4.99. The third-order valence-electron chi connectivity index (χ3n) is 5.78. The molecular weight excluding hydrogens is 460 g/mol. The molecule has 3 aromatic carbocycles. The standard InChI is InChI=1S/C25H25ClN2O4S/c1-32-22-9-5-10-23(17-22)33(30,31)28(21-14-12-20(26)13-15-21)18-25(29)27-16-6-11-24(27)19-7-3-2-4-8-19/h2-5,7-10,12-15,17,24H,6,11,16,18H2,1H3. The largest absolute Gasteiger partial charge is 0.497 e. The maximum absolute atomic E-state index is 13.7. The Hall–Kier alpha value is -3.03. The number of halogens is 1. The quantitative estimate of drug-likeness (QED) is 0.478. The molecule has 0 spiro atoms. The number of methoxy groups -OCH3 is 1. The van der Waals surface area contributed by atoms with E-state index in [4.69, 9.17) is 16.3 Å². The van der Waals surface area contributed by atoms with Crippen LogP contribution in [0.5, 0.6) is 5.75 Å². The van der Waals surface area contributed by atoms with E-state index in [-0.39, 0.29) is 23.4 Å². The molecule has 6 nitrogen and oxygen atoms in total. The molecule has 1 fully saturated rings. The Bertz CT molecular complexity index is 1220. The summed E-state index contributed by atoms with van der Waals surface area (Å²) in [5, 5.41) is 0.479. The van der Waals surface area contributed by atoms with Gasteiger partial charge in [-0.1, -0.05) is 48.0 Å². The number of amides is 1. The van der Waals surface area contributed by atoms with E-state index in [0.29, 0.717) is 23.0 Å². The molecule has 0 aromatic heterocycles. The molecule has 1 aliphatic heterocycles. The van der Waals surface area contributed by atoms with Crippen molar-refractivity contribution in [2.24, 2.45) is 0 Å². The van der Waals surface area contributed by atoms with Crippen molar-refractivity contribution in [2.45, 2.75) is 23.8 Å². The SMILES string of the molecule is COc1cccc(S(=O)(=O)N(CC(=O)N2CCCC2c2ccccc2)c2ccc(Cl)cc2)c1. The molecule has 1 saturated heterocycles. The molecular formula is C25H25ClN2O4S. The van der Waals surface area contributed by atoms with Gasteiger partial charge >= 0.3 is 0 Å². The number of nitrogens with zero attached hydrogens (tertiary/aromatic N) is 2. The van der Waals surface area contributed by atoms with E-state index in [2.05, 4.69) is 0 Å². The van der Waals surface area contributed by atoms with Gasteiger partial charge in [0.1, 0.15) is 12.3 Å². The number of carbonyl (C=O) groups is 1. The van der Waals surface area contributed by atoms with E-state index < -0.39 is 10.0 Å². The summed E-state index contributed by atoms with van der Waals surface area (Å²) in [6.45, 7) is 0.274. The number of hydrogen-bond donors (Lipinski definition) is 0. The second-order valence-electron chi connectivity index (χ2n) is 7.82. The van der Waals surface area contributed by atoms with Crippen molar-refractivity contribution in [2.75, 3.05) is 24.5 Å². The minimum absolute atomic E-state index is 0.0469. The summed E-state index contributed by atoms with van der Waals surface area (Å²) in [6.07, 6.45) is 1.72. The van der Waals surface area contributed by atoms with Crippen molar-refractivity contribution < 1.29 is 17.9 Å². The number of likely N-dealkylation sites (tertiary alicyclic amines) is 1. The molecule has 1 atom stereocenters. The van der Waals surface area contributed by atoms with Gasteiger partial charge in [-0.3, -0.25) is 9.10 Å². The maximum atomic E-state index is 13.7. The van der Waals surface area contributed by atoms with Gasteiger partial charge in [0.25, 0.3) is 10.0 Å². The highest BCUT2D eigenvalue weighted by molar-refractivity contribution is 7.92. The van der Waals surface area contributed by atoms with E-state index in [1.54, 1.807) is 41.3 Å². The van der Waals surface area contributed by atoms with Crippen LogP contribution in [0.1, 0.15) is 24.4 Å². The van der Waals surface area contributed by atoms with Crippen LogP contribution in [0.4, 0.5) is 5.69 Å². The number of carbonyl (C=O) groups excluding carboxylic acids is 1. The molecule has 33 heavy (non-hydrogen) atoms. The highest BCUT2D eigenvalue weighted by Gasteiger charge is 2.34. The second kappa shape index (κ2) is 9.85. The van der Waals surface area contributed by atoms with Crippen LogP contribution in [0, 0.1) is 0 Å². The predicted octanol–water partition coefficient (Wildman–Crippen LogP) is 4.91. The van der Waals surface area contributed by atoms with Crippen LogP contribution in [0.25, 0.3) is 0 Å². The predicted molar refractivity (Wildman–Crippen MR) is 129 cm³/mol. The first-order valence-corrected chi connectivity index (χ1v) is 12.5. The number of hydrogen-bond acceptors (Lipinski definition) is 4. The van der Waals surface area contributed by atoms with E-state index in [9.17, 15) is 13.2 Å². The molecule has 0 saturated carbocycles. The Morgan fingerprint density at radius 3 is 2.48 bits per heavy atom. The lowest BCUT2D eigenvalue weighted by Crippen LogP contribution is -2.42. The normalized spacial score (nSPS) is 15.9. The molecule has 3 aromatic rings. The fraction of sp³-hybridized carbons (Fsp3) is 0.240. The zero-order valence-electron chi connectivity index (χ0n) is 18.2. The zero-order valence-corrected chi connectivity index (χ0v) is 19.8. The number of rotatable bonds is 7. The van der Waals surface area contributed by atoms with E-state index >= 15 is 0 Å². The first kappa shape index (κ1) is 23.1. The summed E-state index contributed by atoms with van der Waals surface area (Å²) >= 11 is 6.02. The Kier molecular flexibility index (Phi) is 6.91. The summed E-state index contributed by atoms with van der Waals surface area (Å²) in [5.74, 6) is 0.171. The average Bonchev–Trinajstić information content (AvgIpc) is 3.34. The van der Waals surface area contributed by atoms with Crippen LogP contribution in [-0.2, 0) is 14.8 Å². The summed E-state index contributed by atoms with van der Waals surface area (Å²) in [6, 6.07) is 22.4. The monoisotopic (exact) mass is 484 g/mol. The Morgan fingerprint density at radius 1 is 1.06 bits per heavy atom. The fourth-order valence-electron chi connectivity index (χ4n) is 4.11. The molecule has 0 N–H and O–H groups in total. The lowest BCUT2D eigenvalue weighted by molar-refractivity contribution is -0.130. The van der Waals surface area contributed by atoms with Gasteiger partial charge in [0.05, 0.1) is 23.7 Å². The van der Waals surface area contributed by atoms with Crippen molar-refractivity contribution in [1.82, 2.24) is 4.90 Å². The average molecular weight is 485 g/mol. The van der Waals surface area contributed by atoms with Gasteiger partial charge in [-0.2, -0.15) is 0 Å². The molecule has 0 radical (unpaired) electrons. The van der Waals surface area contributed by atoms with Crippen LogP contribution in [0.2, 0.25) is 5.02 Å². The van der Waals surface area contributed by atoms with Gasteiger partial charge < -0.3 is 9.64 Å². The van der Waals surface area contributed by atoms with Crippen molar-refractivity contribution in [1.29, 1.82) is 0 Å². The van der Waals surface area contributed by atoms with Gasteiger partial charge in [-0.15, -0.1) is 0 Å². The molecule has 4 rings (SSSR count). The van der Waals surface area contributed by atoms with Crippen molar-refractivity contribution >= 4 is 33.2 Å². The minimum atomic E-state index is -4.04. The topological polar surface area (TPSA) is 66.9 Å². The van der Waals surface area contributed by atoms with Gasteiger partial charge in [0, 0.05) is 17.6 Å². The summed E-state index contributed by atoms with van der Waals surface area (Å²) < 4.78 is 33.6. The fourth-order valence-corrected chi connectivity index (χ4v) is 5.69. The van der Waals surface area contributed by atoms with Gasteiger partial charge in [-0.25, -0.2) is 8.42 Å². The minimum Gasteiger partial charge on any atom is -0.497 e. The zero-order chi connectivity index (χ0) is 23.4. The number of sulfonamides is 1. The van der Waals surface area contributed by atoms with Crippen LogP contribution in [-0.4, -0.2) is 39.4 Å². The lowest BCUT2D eigenvalue weighted by Gasteiger charge is -2.30. The van der Waals surface area contributed by atoms with E-state index in [0.717, 1.165) is 22.7 Å². The second-order valence-corrected chi connectivity index (χ2v) is 10.1. The molecule has 0 aliphatic carbocycles. The van der Waals surface area contributed by atoms with Crippen molar-refractivity contribution in [3.05, 3.63) is 89.4 Å². The molecule has 1 heterocycles. The highest BCUT2D eigenvalue weighted by Crippen LogP contribution is 2.33. The van der Waals surface area contributed by atoms with Crippen LogP contribution in [0.15, 0.2) is 83.8 Å². The first-order valence-electron chi connectivity index (χ1n) is 10.7. The smallest absolute Gasteiger partial charge is 0.264 e. The number of anilines is 1. The molecule has 1 aliphatic rings. The third-order valence-corrected chi connectivity index (χ3v) is 7.80. The van der Waals surface area contributed by atoms with Crippen LogP contribution in [0.3, 0.4) is 0 Å². The summed E-state index contributed by atoms with van der Waals surface area (Å²) in [4.78, 5) is 15.3. The number of benzene rings is 3. The molecule has 172 valence electrons. The first-order chi connectivity index (χ1) is 15.9. The number of ether oxygens (including phenoxy) is 1. The van der Waals surface area contributed by atoms with Gasteiger partial charge in [0.15, 0.2) is 0 Å². The van der Waals surface area contributed by atoms with Gasteiger partial charge in [-0.05, 0) is 54.8 Å². The Labute approximate surface area is 199 Å². The van der Waals surface area contributed by atoms with E-state index in [1.165, 1.54) is 19.2 Å². The van der Waals surface area contributed by atoms with Gasteiger partial charge in [0.2, 0.25) is 5.91 Å². The van der Waals surface area contributed by atoms with Crippen molar-refractivity contribution in [3.8, 4) is 5.75 Å². The molecule has 8 heteroatoms. The van der Waals surface area contributed by atoms with Crippen LogP contribution >= 0.6 is 11.6 Å². The molecule has 1 unspecified atom stereocenters. The molecule has 1 amide bonds.